The summed E-state index contributed by atoms with van der Waals surface area (Å²) in [6.07, 6.45) is -3.67. The first kappa shape index (κ1) is 28.9. The molecule has 0 bridgehead atoms. The van der Waals surface area contributed by atoms with Crippen LogP contribution < -0.4 is 15.5 Å². The smallest absolute Gasteiger partial charge is 0.220 e. The first-order valence-electron chi connectivity index (χ1n) is 13.7. The first-order chi connectivity index (χ1) is 19.1. The lowest BCUT2D eigenvalue weighted by molar-refractivity contribution is -0.365. The standard InChI is InChI=1S/C28H37NO11/c1-14-5-19(31)18-6-16-7-24(40-37-13-21(33)27(36)26(35)20(32)12-30)28(39-22(16)9-23(18)38-14)4-2-3-15(10-28)17-8-25(34)29-11-17/h5-6,9,15,17,20-21,24,26-27,30,32-33,35-36H,2-4,7-8,10-13H2,1H3,(H,29,34)/t15-,17-,20-,21+,24-,26-,27-,28-/m1/s1. The van der Waals surface area contributed by atoms with Crippen LogP contribution in [-0.4, -0.2) is 87.3 Å². The first-order valence-corrected chi connectivity index (χ1v) is 13.7. The quantitative estimate of drug-likeness (QED) is 0.176. The predicted molar refractivity (Wildman–Crippen MR) is 139 cm³/mol. The summed E-state index contributed by atoms with van der Waals surface area (Å²) < 4.78 is 12.5. The van der Waals surface area contributed by atoms with Crippen molar-refractivity contribution in [1.82, 2.24) is 5.32 Å². The van der Waals surface area contributed by atoms with Gasteiger partial charge in [0.15, 0.2) is 5.43 Å². The van der Waals surface area contributed by atoms with Gasteiger partial charge in [-0.2, -0.15) is 0 Å². The number of carbonyl (C=O) groups is 1. The highest BCUT2D eigenvalue weighted by atomic mass is 17.2. The summed E-state index contributed by atoms with van der Waals surface area (Å²) in [5.74, 6) is 1.48. The van der Waals surface area contributed by atoms with E-state index in [4.69, 9.17) is 24.0 Å². The van der Waals surface area contributed by atoms with Crippen molar-refractivity contribution in [2.24, 2.45) is 11.8 Å². The van der Waals surface area contributed by atoms with E-state index in [9.17, 15) is 30.0 Å². The highest BCUT2D eigenvalue weighted by Gasteiger charge is 2.51. The van der Waals surface area contributed by atoms with E-state index in [1.54, 1.807) is 19.1 Å². The van der Waals surface area contributed by atoms with Crippen LogP contribution in [0.5, 0.6) is 5.75 Å². The van der Waals surface area contributed by atoms with E-state index in [1.807, 2.05) is 0 Å². The molecule has 6 N–H and O–H groups in total. The topological polar surface area (TPSA) is 188 Å². The molecule has 12 nitrogen and oxygen atoms in total. The molecule has 1 saturated heterocycles. The van der Waals surface area contributed by atoms with Gasteiger partial charge in [-0.05, 0) is 56.1 Å². The monoisotopic (exact) mass is 563 g/mol. The van der Waals surface area contributed by atoms with E-state index in [0.717, 1.165) is 18.4 Å². The van der Waals surface area contributed by atoms with Gasteiger partial charge >= 0.3 is 0 Å². The van der Waals surface area contributed by atoms with Crippen molar-refractivity contribution in [2.75, 3.05) is 19.8 Å². The van der Waals surface area contributed by atoms with Gasteiger partial charge in [0.25, 0.3) is 0 Å². The van der Waals surface area contributed by atoms with Crippen molar-refractivity contribution >= 4 is 16.9 Å². The highest BCUT2D eigenvalue weighted by Crippen LogP contribution is 2.48. The SMILES string of the molecule is Cc1cc(=O)c2cc3c(cc2o1)O[C@@]1(CCC[C@@H]([C@H]2CNC(=O)C2)C1)[C@H](OOC[C@H](O)[C@@H](O)[C@H](O)[C@H](O)CO)C3. The number of aryl methyl sites for hydroxylation is 1. The maximum absolute atomic E-state index is 12.6. The lowest BCUT2D eigenvalue weighted by Gasteiger charge is -2.48. The van der Waals surface area contributed by atoms with Crippen LogP contribution in [0.2, 0.25) is 0 Å². The molecule has 8 atom stereocenters. The average molecular weight is 564 g/mol. The predicted octanol–water partition coefficient (Wildman–Crippen LogP) is -0.146. The molecule has 0 unspecified atom stereocenters. The summed E-state index contributed by atoms with van der Waals surface area (Å²) in [5, 5.41) is 52.2. The molecular formula is C28H37NO11. The molecule has 2 fully saturated rings. The zero-order chi connectivity index (χ0) is 28.6. The fourth-order valence-corrected chi connectivity index (χ4v) is 6.31. The Balaban J connectivity index is 1.39. The number of ether oxygens (including phenoxy) is 1. The second-order valence-electron chi connectivity index (χ2n) is 11.3. The number of hydrogen-bond donors (Lipinski definition) is 6. The fourth-order valence-electron chi connectivity index (χ4n) is 6.31. The van der Waals surface area contributed by atoms with Crippen molar-refractivity contribution in [1.29, 1.82) is 0 Å². The van der Waals surface area contributed by atoms with Gasteiger partial charge in [0.1, 0.15) is 59.8 Å². The summed E-state index contributed by atoms with van der Waals surface area (Å²) in [4.78, 5) is 35.8. The van der Waals surface area contributed by atoms with Gasteiger partial charge in [-0.15, -0.1) is 0 Å². The van der Waals surface area contributed by atoms with Crippen molar-refractivity contribution in [3.05, 3.63) is 39.7 Å². The Labute approximate surface area is 230 Å². The molecule has 3 aliphatic rings. The minimum atomic E-state index is -1.79. The number of benzene rings is 1. The maximum atomic E-state index is 12.6. The Morgan fingerprint density at radius 2 is 1.85 bits per heavy atom. The summed E-state index contributed by atoms with van der Waals surface area (Å²) in [6.45, 7) is 1.00. The van der Waals surface area contributed by atoms with Crippen LogP contribution in [0.4, 0.5) is 0 Å². The second kappa shape index (κ2) is 11.7. The molecule has 2 aliphatic heterocycles. The molecular weight excluding hydrogens is 526 g/mol. The van der Waals surface area contributed by atoms with E-state index in [1.165, 1.54) is 6.07 Å². The van der Waals surface area contributed by atoms with Crippen molar-refractivity contribution < 1.29 is 49.3 Å². The summed E-state index contributed by atoms with van der Waals surface area (Å²) in [6, 6.07) is 4.88. The van der Waals surface area contributed by atoms with Gasteiger partial charge in [0, 0.05) is 31.5 Å². The Kier molecular flexibility index (Phi) is 8.48. The van der Waals surface area contributed by atoms with E-state index >= 15 is 0 Å². The number of fused-ring (bicyclic) bond motifs is 2. The third-order valence-corrected chi connectivity index (χ3v) is 8.55. The second-order valence-corrected chi connectivity index (χ2v) is 11.3. The minimum Gasteiger partial charge on any atom is -0.484 e. The van der Waals surface area contributed by atoms with Gasteiger partial charge in [0.2, 0.25) is 5.91 Å². The molecule has 1 amide bonds. The van der Waals surface area contributed by atoms with Crippen LogP contribution in [0.15, 0.2) is 27.4 Å². The number of hydrogen-bond acceptors (Lipinski definition) is 11. The van der Waals surface area contributed by atoms with Crippen LogP contribution in [0.25, 0.3) is 11.0 Å². The Morgan fingerprint density at radius 3 is 2.58 bits per heavy atom. The Hall–Kier alpha value is -2.58. The van der Waals surface area contributed by atoms with Gasteiger partial charge in [-0.1, -0.05) is 0 Å². The van der Waals surface area contributed by atoms with E-state index in [2.05, 4.69) is 5.32 Å². The van der Waals surface area contributed by atoms with Crippen LogP contribution >= 0.6 is 0 Å². The third kappa shape index (κ3) is 5.75. The van der Waals surface area contributed by atoms with E-state index < -0.39 is 49.3 Å². The number of amides is 1. The largest absolute Gasteiger partial charge is 0.484 e. The molecule has 2 aromatic rings. The van der Waals surface area contributed by atoms with Gasteiger partial charge in [-0.3, -0.25) is 9.59 Å². The lowest BCUT2D eigenvalue weighted by atomic mass is 9.68. The average Bonchev–Trinajstić information content (AvgIpc) is 3.37. The Bertz CT molecular complexity index is 1280. The van der Waals surface area contributed by atoms with Gasteiger partial charge in [-0.25, -0.2) is 9.78 Å². The van der Waals surface area contributed by atoms with E-state index in [0.29, 0.717) is 54.7 Å². The number of aliphatic hydroxyl groups is 5. The molecule has 40 heavy (non-hydrogen) atoms. The fraction of sp³-hybridized carbons (Fsp3) is 0.643. The lowest BCUT2D eigenvalue weighted by Crippen LogP contribution is -2.56. The molecule has 1 saturated carbocycles. The van der Waals surface area contributed by atoms with Crippen LogP contribution in [-0.2, 0) is 21.0 Å². The summed E-state index contributed by atoms with van der Waals surface area (Å²) >= 11 is 0. The van der Waals surface area contributed by atoms with Crippen LogP contribution in [0.3, 0.4) is 0 Å². The normalized spacial score (nSPS) is 29.4. The Morgan fingerprint density at radius 1 is 1.07 bits per heavy atom. The van der Waals surface area contributed by atoms with Crippen LogP contribution in [0.1, 0.15) is 43.4 Å². The molecule has 3 heterocycles. The van der Waals surface area contributed by atoms with Crippen molar-refractivity contribution in [3.63, 3.8) is 0 Å². The van der Waals surface area contributed by atoms with Gasteiger partial charge in [0.05, 0.1) is 12.0 Å². The van der Waals surface area contributed by atoms with Crippen molar-refractivity contribution in [2.45, 2.75) is 81.6 Å². The molecule has 1 spiro atoms. The molecule has 0 radical (unpaired) electrons. The molecule has 5 rings (SSSR count). The summed E-state index contributed by atoms with van der Waals surface area (Å²) in [7, 11) is 0. The number of aliphatic hydroxyl groups excluding tert-OH is 5. The number of carbonyl (C=O) groups excluding carboxylic acids is 1. The zero-order valence-corrected chi connectivity index (χ0v) is 22.3. The molecule has 1 aromatic carbocycles. The summed E-state index contributed by atoms with van der Waals surface area (Å²) in [5.41, 5.74) is 0.153. The highest BCUT2D eigenvalue weighted by molar-refractivity contribution is 5.80. The maximum Gasteiger partial charge on any atom is 0.220 e. The molecule has 220 valence electrons. The molecule has 12 heteroatoms. The molecule has 1 aromatic heterocycles. The van der Waals surface area contributed by atoms with Crippen LogP contribution in [0, 0.1) is 18.8 Å². The number of rotatable bonds is 9. The number of nitrogens with one attached hydrogen (secondary N) is 1. The molecule has 1 aliphatic carbocycles. The third-order valence-electron chi connectivity index (χ3n) is 8.55. The van der Waals surface area contributed by atoms with Crippen molar-refractivity contribution in [3.8, 4) is 5.75 Å². The zero-order valence-electron chi connectivity index (χ0n) is 22.3. The minimum absolute atomic E-state index is 0.0357. The van der Waals surface area contributed by atoms with E-state index in [-0.39, 0.29) is 23.2 Å². The van der Waals surface area contributed by atoms with Gasteiger partial charge < -0.3 is 40.0 Å².